The second-order valence-electron chi connectivity index (χ2n) is 6.22. The average Bonchev–Trinajstić information content (AvgIpc) is 3.57. The molecule has 0 saturated heterocycles. The Labute approximate surface area is 151 Å². The molecule has 2 heterocycles. The lowest BCUT2D eigenvalue weighted by molar-refractivity contribution is -0.143. The van der Waals surface area contributed by atoms with E-state index in [1.54, 1.807) is 24.8 Å². The minimum absolute atomic E-state index is 0. The number of nitrogens with zero attached hydrogens (tertiary/aromatic N) is 4. The molecule has 0 atom stereocenters. The van der Waals surface area contributed by atoms with Crippen molar-refractivity contribution in [3.05, 3.63) is 48.6 Å². The number of hydrogen-bond acceptors (Lipinski definition) is 7. The number of carboxylic acids is 1. The van der Waals surface area contributed by atoms with Gasteiger partial charge in [-0.1, -0.05) is 7.43 Å². The van der Waals surface area contributed by atoms with Gasteiger partial charge in [0.05, 0.1) is 17.9 Å². The summed E-state index contributed by atoms with van der Waals surface area (Å²) in [5.74, 6) is -0.945. The molecular formula is C18H22N4O4. The van der Waals surface area contributed by atoms with Gasteiger partial charge < -0.3 is 9.84 Å². The van der Waals surface area contributed by atoms with Crippen molar-refractivity contribution >= 4 is 11.9 Å². The fourth-order valence-electron chi connectivity index (χ4n) is 2.77. The Morgan fingerprint density at radius 3 is 1.58 bits per heavy atom. The van der Waals surface area contributed by atoms with E-state index in [2.05, 4.69) is 19.9 Å². The van der Waals surface area contributed by atoms with E-state index in [1.807, 2.05) is 0 Å². The van der Waals surface area contributed by atoms with Gasteiger partial charge in [0.1, 0.15) is 12.7 Å². The zero-order valence-electron chi connectivity index (χ0n) is 13.8. The van der Waals surface area contributed by atoms with Crippen molar-refractivity contribution in [1.82, 2.24) is 19.9 Å². The Hall–Kier alpha value is -2.90. The highest BCUT2D eigenvalue weighted by atomic mass is 16.5. The van der Waals surface area contributed by atoms with Gasteiger partial charge >= 0.3 is 11.9 Å². The van der Waals surface area contributed by atoms with Crippen LogP contribution in [0.25, 0.3) is 0 Å². The third-order valence-corrected chi connectivity index (χ3v) is 4.71. The molecule has 8 heteroatoms. The molecule has 0 bridgehead atoms. The molecule has 2 aromatic rings. The highest BCUT2D eigenvalue weighted by Crippen LogP contribution is 2.48. The quantitative estimate of drug-likeness (QED) is 0.824. The summed E-state index contributed by atoms with van der Waals surface area (Å²) in [6, 6.07) is 0. The van der Waals surface area contributed by atoms with E-state index in [4.69, 9.17) is 9.84 Å². The summed E-state index contributed by atoms with van der Waals surface area (Å²) in [7, 11) is 1.41. The van der Waals surface area contributed by atoms with E-state index in [-0.39, 0.29) is 13.4 Å². The van der Waals surface area contributed by atoms with Crippen molar-refractivity contribution in [2.24, 2.45) is 0 Å². The maximum atomic E-state index is 11.4. The molecule has 4 rings (SSSR count). The van der Waals surface area contributed by atoms with Gasteiger partial charge in [-0.25, -0.2) is 19.9 Å². The molecular weight excluding hydrogens is 336 g/mol. The van der Waals surface area contributed by atoms with Gasteiger partial charge in [0.15, 0.2) is 0 Å². The molecule has 0 unspecified atom stereocenters. The van der Waals surface area contributed by atoms with Crippen molar-refractivity contribution in [1.29, 1.82) is 0 Å². The second-order valence-corrected chi connectivity index (χ2v) is 6.22. The standard InChI is InChI=1S/C9H10N2O2.C8H8N2O2.CH4/c1-13-8(12)9(2-3-9)7-4-10-6-11-5-7;11-7(12)8(1-2-8)6-3-9-5-10-4-6;/h4-6H,2-3H2,1H3;3-5H,1-2H2,(H,11,12);1H4. The lowest BCUT2D eigenvalue weighted by Gasteiger charge is -2.10. The lowest BCUT2D eigenvalue weighted by atomic mass is 10.00. The summed E-state index contributed by atoms with van der Waals surface area (Å²) in [4.78, 5) is 37.6. The Balaban J connectivity index is 0.000000180. The van der Waals surface area contributed by atoms with Gasteiger partial charge in [-0.2, -0.15) is 0 Å². The maximum absolute atomic E-state index is 11.4. The van der Waals surface area contributed by atoms with Crippen LogP contribution in [-0.2, 0) is 25.2 Å². The van der Waals surface area contributed by atoms with Gasteiger partial charge in [-0.15, -0.1) is 0 Å². The van der Waals surface area contributed by atoms with Crippen LogP contribution in [0.2, 0.25) is 0 Å². The third kappa shape index (κ3) is 3.54. The molecule has 26 heavy (non-hydrogen) atoms. The molecule has 2 saturated carbocycles. The summed E-state index contributed by atoms with van der Waals surface area (Å²) in [5, 5.41) is 8.90. The molecule has 0 aliphatic heterocycles. The monoisotopic (exact) mass is 358 g/mol. The minimum atomic E-state index is -0.766. The number of methoxy groups -OCH3 is 1. The van der Waals surface area contributed by atoms with Gasteiger partial charge in [-0.05, 0) is 25.7 Å². The molecule has 2 fully saturated rings. The van der Waals surface area contributed by atoms with Crippen molar-refractivity contribution < 1.29 is 19.4 Å². The molecule has 8 nitrogen and oxygen atoms in total. The Morgan fingerprint density at radius 1 is 0.885 bits per heavy atom. The molecule has 1 N–H and O–H groups in total. The normalized spacial score (nSPS) is 17.6. The van der Waals surface area contributed by atoms with Crippen molar-refractivity contribution in [3.8, 4) is 0 Å². The van der Waals surface area contributed by atoms with Crippen LogP contribution in [0.4, 0.5) is 0 Å². The summed E-state index contributed by atoms with van der Waals surface area (Å²) in [6.45, 7) is 0. The first-order chi connectivity index (χ1) is 12.0. The van der Waals surface area contributed by atoms with Crippen LogP contribution in [-0.4, -0.2) is 44.1 Å². The van der Waals surface area contributed by atoms with Crippen LogP contribution in [0.1, 0.15) is 44.2 Å². The van der Waals surface area contributed by atoms with Gasteiger partial charge in [0.25, 0.3) is 0 Å². The number of aromatic nitrogens is 4. The Morgan fingerprint density at radius 2 is 1.27 bits per heavy atom. The van der Waals surface area contributed by atoms with Crippen LogP contribution >= 0.6 is 0 Å². The molecule has 0 spiro atoms. The number of carboxylic acid groups (broad SMARTS) is 1. The van der Waals surface area contributed by atoms with Gasteiger partial charge in [0.2, 0.25) is 0 Å². The molecule has 138 valence electrons. The number of esters is 1. The van der Waals surface area contributed by atoms with E-state index in [9.17, 15) is 9.59 Å². The molecule has 0 amide bonds. The van der Waals surface area contributed by atoms with Crippen molar-refractivity contribution in [3.63, 3.8) is 0 Å². The zero-order valence-corrected chi connectivity index (χ0v) is 13.8. The van der Waals surface area contributed by atoms with E-state index in [1.165, 1.54) is 19.8 Å². The van der Waals surface area contributed by atoms with Gasteiger partial charge in [-0.3, -0.25) is 9.59 Å². The predicted octanol–water partition coefficient (Wildman–Crippen LogP) is 1.91. The third-order valence-electron chi connectivity index (χ3n) is 4.71. The van der Waals surface area contributed by atoms with Crippen LogP contribution in [0.15, 0.2) is 37.4 Å². The molecule has 0 radical (unpaired) electrons. The molecule has 2 aliphatic carbocycles. The van der Waals surface area contributed by atoms with E-state index >= 15 is 0 Å². The van der Waals surface area contributed by atoms with Gasteiger partial charge in [0, 0.05) is 35.9 Å². The zero-order chi connectivity index (χ0) is 17.9. The lowest BCUT2D eigenvalue weighted by Crippen LogP contribution is -2.22. The largest absolute Gasteiger partial charge is 0.481 e. The number of ether oxygens (including phenoxy) is 1. The minimum Gasteiger partial charge on any atom is -0.481 e. The first kappa shape index (κ1) is 19.4. The van der Waals surface area contributed by atoms with Crippen LogP contribution < -0.4 is 0 Å². The van der Waals surface area contributed by atoms with Crippen molar-refractivity contribution in [2.75, 3.05) is 7.11 Å². The predicted molar refractivity (Wildman–Crippen MR) is 92.3 cm³/mol. The van der Waals surface area contributed by atoms with Crippen LogP contribution in [0, 0.1) is 0 Å². The number of hydrogen-bond donors (Lipinski definition) is 1. The van der Waals surface area contributed by atoms with E-state index < -0.39 is 16.8 Å². The summed E-state index contributed by atoms with van der Waals surface area (Å²) in [6.07, 6.45) is 12.5. The van der Waals surface area contributed by atoms with Crippen LogP contribution in [0.5, 0.6) is 0 Å². The number of rotatable bonds is 4. The summed E-state index contributed by atoms with van der Waals surface area (Å²) >= 11 is 0. The van der Waals surface area contributed by atoms with E-state index in [0.717, 1.165) is 24.0 Å². The SMILES string of the molecule is C.COC(=O)C1(c2cncnc2)CC1.O=C(O)C1(c2cncnc2)CC1. The fourth-order valence-corrected chi connectivity index (χ4v) is 2.77. The number of aliphatic carboxylic acids is 1. The second kappa shape index (κ2) is 7.55. The van der Waals surface area contributed by atoms with Crippen molar-refractivity contribution in [2.45, 2.75) is 43.9 Å². The highest BCUT2D eigenvalue weighted by molar-refractivity contribution is 5.86. The smallest absolute Gasteiger partial charge is 0.316 e. The van der Waals surface area contributed by atoms with Crippen LogP contribution in [0.3, 0.4) is 0 Å². The molecule has 2 aromatic heterocycles. The highest BCUT2D eigenvalue weighted by Gasteiger charge is 2.53. The average molecular weight is 358 g/mol. The first-order valence-electron chi connectivity index (χ1n) is 7.88. The topological polar surface area (TPSA) is 115 Å². The summed E-state index contributed by atoms with van der Waals surface area (Å²) < 4.78 is 4.74. The Bertz CT molecular complexity index is 759. The fraction of sp³-hybridized carbons (Fsp3) is 0.444. The molecule has 2 aliphatic rings. The number of carbonyl (C=O) groups excluding carboxylic acids is 1. The maximum Gasteiger partial charge on any atom is 0.316 e. The van der Waals surface area contributed by atoms with E-state index in [0.29, 0.717) is 12.8 Å². The summed E-state index contributed by atoms with van der Waals surface area (Å²) in [5.41, 5.74) is 0.483. The Kier molecular flexibility index (Phi) is 5.64. The molecule has 0 aromatic carbocycles. The first-order valence-corrected chi connectivity index (χ1v) is 7.88. The number of carbonyl (C=O) groups is 2.